The van der Waals surface area contributed by atoms with Gasteiger partial charge < -0.3 is 19.7 Å². The number of amides is 3. The van der Waals surface area contributed by atoms with Crippen LogP contribution in [0.25, 0.3) is 11.0 Å². The predicted octanol–water partition coefficient (Wildman–Crippen LogP) is 1.10. The van der Waals surface area contributed by atoms with Crippen LogP contribution < -0.4 is 0 Å². The first-order valence-corrected chi connectivity index (χ1v) is 9.74. The van der Waals surface area contributed by atoms with E-state index >= 15 is 0 Å². The van der Waals surface area contributed by atoms with Gasteiger partial charge in [0.05, 0.1) is 23.9 Å². The van der Waals surface area contributed by atoms with E-state index in [1.54, 1.807) is 33.2 Å². The number of nitrogens with zero attached hydrogens (tertiary/aromatic N) is 4. The summed E-state index contributed by atoms with van der Waals surface area (Å²) >= 11 is 0. The Labute approximate surface area is 163 Å². The molecular weight excluding hydrogens is 358 g/mol. The third-order valence-corrected chi connectivity index (χ3v) is 5.44. The zero-order valence-electron chi connectivity index (χ0n) is 16.2. The number of carbonyl (C=O) groups is 3. The van der Waals surface area contributed by atoms with Crippen LogP contribution in [-0.4, -0.2) is 81.2 Å². The first-order valence-electron chi connectivity index (χ1n) is 9.74. The van der Waals surface area contributed by atoms with Crippen LogP contribution in [-0.2, 0) is 9.59 Å². The van der Waals surface area contributed by atoms with Crippen LogP contribution >= 0.6 is 0 Å². The molecule has 8 heteroatoms. The molecule has 1 atom stereocenters. The van der Waals surface area contributed by atoms with Gasteiger partial charge in [-0.25, -0.2) is 4.98 Å². The van der Waals surface area contributed by atoms with E-state index in [4.69, 9.17) is 0 Å². The van der Waals surface area contributed by atoms with E-state index in [9.17, 15) is 14.4 Å². The highest BCUT2D eigenvalue weighted by Crippen LogP contribution is 2.21. The highest BCUT2D eigenvalue weighted by atomic mass is 16.2. The van der Waals surface area contributed by atoms with Crippen LogP contribution in [0.2, 0.25) is 0 Å². The van der Waals surface area contributed by atoms with Gasteiger partial charge in [0.15, 0.2) is 0 Å². The van der Waals surface area contributed by atoms with Crippen LogP contribution in [0.5, 0.6) is 0 Å². The van der Waals surface area contributed by atoms with Gasteiger partial charge in [0.2, 0.25) is 11.8 Å². The molecule has 0 saturated carbocycles. The summed E-state index contributed by atoms with van der Waals surface area (Å²) in [7, 11) is 0. The monoisotopic (exact) mass is 383 g/mol. The molecule has 0 bridgehead atoms. The standard InChI is InChI=1S/C20H25N5O3/c1-13(2)10-24-11-18(26)25-8-7-23(6-5-17(25)20(24)28)19(27)14-3-4-15-16(9-14)22-12-21-15/h3-4,9,12-13,17H,5-8,10-11H2,1-2H3,(H,21,22). The molecule has 0 spiro atoms. The third-order valence-electron chi connectivity index (χ3n) is 5.44. The summed E-state index contributed by atoms with van der Waals surface area (Å²) < 4.78 is 0. The lowest BCUT2D eigenvalue weighted by Crippen LogP contribution is -2.60. The molecule has 4 rings (SSSR count). The Balaban J connectivity index is 1.50. The summed E-state index contributed by atoms with van der Waals surface area (Å²) in [4.78, 5) is 50.7. The summed E-state index contributed by atoms with van der Waals surface area (Å²) in [6.07, 6.45) is 2.07. The van der Waals surface area contributed by atoms with Crippen molar-refractivity contribution in [3.8, 4) is 0 Å². The Hall–Kier alpha value is -2.90. The lowest BCUT2D eigenvalue weighted by Gasteiger charge is -2.39. The average molecular weight is 383 g/mol. The van der Waals surface area contributed by atoms with Crippen LogP contribution in [0.4, 0.5) is 0 Å². The number of fused-ring (bicyclic) bond motifs is 2. The van der Waals surface area contributed by atoms with Gasteiger partial charge in [-0.3, -0.25) is 14.4 Å². The SMILES string of the molecule is CC(C)CN1CC(=O)N2CCN(C(=O)c3ccc4nc[nH]c4c3)CCC2C1=O. The van der Waals surface area contributed by atoms with Gasteiger partial charge in [-0.1, -0.05) is 13.8 Å². The van der Waals surface area contributed by atoms with Gasteiger partial charge in [-0.15, -0.1) is 0 Å². The van der Waals surface area contributed by atoms with Crippen molar-refractivity contribution in [2.45, 2.75) is 26.3 Å². The molecule has 2 saturated heterocycles. The minimum atomic E-state index is -0.465. The second-order valence-electron chi connectivity index (χ2n) is 7.93. The summed E-state index contributed by atoms with van der Waals surface area (Å²) in [5, 5.41) is 0. The Morgan fingerprint density at radius 3 is 2.86 bits per heavy atom. The smallest absolute Gasteiger partial charge is 0.253 e. The fourth-order valence-electron chi connectivity index (χ4n) is 4.08. The molecule has 0 aliphatic carbocycles. The Kier molecular flexibility index (Phi) is 4.78. The minimum absolute atomic E-state index is 0.00137. The average Bonchev–Trinajstić information content (AvgIpc) is 3.01. The number of benzene rings is 1. The molecule has 2 aromatic rings. The molecule has 28 heavy (non-hydrogen) atoms. The van der Waals surface area contributed by atoms with E-state index in [2.05, 4.69) is 9.97 Å². The molecule has 1 aromatic carbocycles. The van der Waals surface area contributed by atoms with Crippen molar-refractivity contribution in [3.05, 3.63) is 30.1 Å². The molecule has 2 fully saturated rings. The maximum atomic E-state index is 13.0. The number of imidazole rings is 1. The van der Waals surface area contributed by atoms with E-state index in [1.807, 2.05) is 19.9 Å². The number of aromatic nitrogens is 2. The van der Waals surface area contributed by atoms with Gasteiger partial charge in [-0.2, -0.15) is 0 Å². The molecule has 2 aliphatic rings. The second-order valence-corrected chi connectivity index (χ2v) is 7.93. The zero-order valence-corrected chi connectivity index (χ0v) is 16.2. The van der Waals surface area contributed by atoms with Crippen LogP contribution in [0.15, 0.2) is 24.5 Å². The number of piperazine rings is 1. The van der Waals surface area contributed by atoms with Crippen molar-refractivity contribution in [1.29, 1.82) is 0 Å². The summed E-state index contributed by atoms with van der Waals surface area (Å²) in [5.41, 5.74) is 2.20. The molecule has 3 heterocycles. The van der Waals surface area contributed by atoms with Crippen molar-refractivity contribution in [3.63, 3.8) is 0 Å². The van der Waals surface area contributed by atoms with E-state index in [0.29, 0.717) is 44.1 Å². The van der Waals surface area contributed by atoms with Crippen molar-refractivity contribution >= 4 is 28.8 Å². The number of hydrogen-bond donors (Lipinski definition) is 1. The lowest BCUT2D eigenvalue weighted by molar-refractivity contribution is -0.156. The van der Waals surface area contributed by atoms with Crippen molar-refractivity contribution in [1.82, 2.24) is 24.7 Å². The summed E-state index contributed by atoms with van der Waals surface area (Å²) in [5.74, 6) is 0.194. The lowest BCUT2D eigenvalue weighted by atomic mass is 10.1. The number of carbonyl (C=O) groups excluding carboxylic acids is 3. The van der Waals surface area contributed by atoms with Gasteiger partial charge >= 0.3 is 0 Å². The van der Waals surface area contributed by atoms with E-state index < -0.39 is 6.04 Å². The van der Waals surface area contributed by atoms with Crippen LogP contribution in [0.3, 0.4) is 0 Å². The predicted molar refractivity (Wildman–Crippen MR) is 104 cm³/mol. The van der Waals surface area contributed by atoms with Crippen molar-refractivity contribution in [2.24, 2.45) is 5.92 Å². The number of nitrogens with one attached hydrogen (secondary N) is 1. The number of aromatic amines is 1. The third kappa shape index (κ3) is 3.34. The first kappa shape index (κ1) is 18.5. The van der Waals surface area contributed by atoms with E-state index in [-0.39, 0.29) is 24.3 Å². The Morgan fingerprint density at radius 1 is 1.25 bits per heavy atom. The highest BCUT2D eigenvalue weighted by Gasteiger charge is 2.41. The van der Waals surface area contributed by atoms with Crippen LogP contribution in [0, 0.1) is 5.92 Å². The summed E-state index contributed by atoms with van der Waals surface area (Å²) in [6, 6.07) is 4.92. The zero-order chi connectivity index (χ0) is 19.8. The van der Waals surface area contributed by atoms with Crippen molar-refractivity contribution in [2.75, 3.05) is 32.7 Å². The van der Waals surface area contributed by atoms with E-state index in [1.165, 1.54) is 0 Å². The van der Waals surface area contributed by atoms with Crippen LogP contribution in [0.1, 0.15) is 30.6 Å². The van der Waals surface area contributed by atoms with Gasteiger partial charge in [-0.05, 0) is 30.5 Å². The van der Waals surface area contributed by atoms with Gasteiger partial charge in [0, 0.05) is 31.7 Å². The van der Waals surface area contributed by atoms with Crippen molar-refractivity contribution < 1.29 is 14.4 Å². The summed E-state index contributed by atoms with van der Waals surface area (Å²) in [6.45, 7) is 6.07. The maximum absolute atomic E-state index is 13.0. The number of hydrogen-bond acceptors (Lipinski definition) is 4. The highest BCUT2D eigenvalue weighted by molar-refractivity contribution is 5.98. The van der Waals surface area contributed by atoms with Gasteiger partial charge in [0.25, 0.3) is 5.91 Å². The Morgan fingerprint density at radius 2 is 2.07 bits per heavy atom. The quantitative estimate of drug-likeness (QED) is 0.860. The molecule has 1 N–H and O–H groups in total. The van der Waals surface area contributed by atoms with E-state index in [0.717, 1.165) is 11.0 Å². The molecule has 3 amide bonds. The second kappa shape index (κ2) is 7.26. The number of rotatable bonds is 3. The number of H-pyrrole nitrogens is 1. The fourth-order valence-corrected chi connectivity index (χ4v) is 4.08. The molecule has 2 aliphatic heterocycles. The molecular formula is C20H25N5O3. The molecule has 1 aromatic heterocycles. The molecule has 1 unspecified atom stereocenters. The molecule has 0 radical (unpaired) electrons. The first-order chi connectivity index (χ1) is 13.4. The largest absolute Gasteiger partial charge is 0.345 e. The Bertz CT molecular complexity index is 921. The molecule has 8 nitrogen and oxygen atoms in total. The minimum Gasteiger partial charge on any atom is -0.345 e. The topological polar surface area (TPSA) is 89.6 Å². The van der Waals surface area contributed by atoms with Gasteiger partial charge in [0.1, 0.15) is 6.04 Å². The fraction of sp³-hybridized carbons (Fsp3) is 0.500. The molecule has 148 valence electrons. The normalized spacial score (nSPS) is 20.7. The maximum Gasteiger partial charge on any atom is 0.253 e.